The van der Waals surface area contributed by atoms with E-state index in [9.17, 15) is 0 Å². The first-order valence-corrected chi connectivity index (χ1v) is 8.75. The summed E-state index contributed by atoms with van der Waals surface area (Å²) >= 11 is 6.06. The van der Waals surface area contributed by atoms with Gasteiger partial charge in [0.2, 0.25) is 0 Å². The molecule has 0 bridgehead atoms. The Morgan fingerprint density at radius 1 is 1.56 bits per heavy atom. The molecule has 0 aromatic rings. The van der Waals surface area contributed by atoms with Gasteiger partial charge < -0.3 is 5.32 Å². The van der Waals surface area contributed by atoms with Crippen molar-refractivity contribution in [3.8, 4) is 0 Å². The average molecular weight is 256 g/mol. The van der Waals surface area contributed by atoms with Gasteiger partial charge in [0.05, 0.1) is 0 Å². The lowest BCUT2D eigenvalue weighted by molar-refractivity contribution is 0.666. The van der Waals surface area contributed by atoms with Gasteiger partial charge in [0.1, 0.15) is 0 Å². The van der Waals surface area contributed by atoms with Crippen molar-refractivity contribution in [3.63, 3.8) is 0 Å². The molecule has 0 saturated carbocycles. The molecule has 0 aliphatic carbocycles. The Hall–Kier alpha value is -0.473. The molecule has 0 spiro atoms. The van der Waals surface area contributed by atoms with Crippen molar-refractivity contribution >= 4 is 20.4 Å². The number of hydrogen-bond acceptors (Lipinski definition) is 1. The summed E-state index contributed by atoms with van der Waals surface area (Å²) in [6.07, 6.45) is 2.95. The van der Waals surface area contributed by atoms with Gasteiger partial charge in [-0.3, -0.25) is 0 Å². The third-order valence-corrected chi connectivity index (χ3v) is 7.72. The molecular weight excluding hydrogens is 234 g/mol. The summed E-state index contributed by atoms with van der Waals surface area (Å²) in [6.45, 7) is 13.4. The molecule has 1 aliphatic rings. The highest BCUT2D eigenvalue weighted by Gasteiger charge is 2.26. The van der Waals surface area contributed by atoms with E-state index in [1.165, 1.54) is 17.7 Å². The van der Waals surface area contributed by atoms with Crippen molar-refractivity contribution in [2.24, 2.45) is 0 Å². The summed E-state index contributed by atoms with van der Waals surface area (Å²) in [6, 6.07) is 2.74. The van der Waals surface area contributed by atoms with Crippen LogP contribution in [-0.4, -0.2) is 15.3 Å². The van der Waals surface area contributed by atoms with Gasteiger partial charge in [-0.25, -0.2) is 0 Å². The molecule has 0 unspecified atom stereocenters. The van der Waals surface area contributed by atoms with Crippen LogP contribution in [0.1, 0.15) is 20.3 Å². The number of allylic oxidation sites excluding steroid dienone is 3. The molecule has 0 fully saturated rings. The van der Waals surface area contributed by atoms with E-state index in [-0.39, 0.29) is 0 Å². The lowest BCUT2D eigenvalue weighted by Gasteiger charge is -2.31. The van der Waals surface area contributed by atoms with Crippen molar-refractivity contribution in [2.45, 2.75) is 37.9 Å². The van der Waals surface area contributed by atoms with Crippen molar-refractivity contribution in [3.05, 3.63) is 35.5 Å². The predicted octanol–water partition coefficient (Wildman–Crippen LogP) is 3.81. The molecule has 0 radical (unpaired) electrons. The van der Waals surface area contributed by atoms with E-state index >= 15 is 0 Å². The molecule has 3 heteroatoms. The quantitative estimate of drug-likeness (QED) is 0.737. The van der Waals surface area contributed by atoms with Crippen molar-refractivity contribution in [2.75, 3.05) is 6.54 Å². The first kappa shape index (κ1) is 13.6. The van der Waals surface area contributed by atoms with Gasteiger partial charge in [-0.05, 0) is 23.6 Å². The largest absolute Gasteiger partial charge is 0.385 e. The average Bonchev–Trinajstić information content (AvgIpc) is 2.30. The third kappa shape index (κ3) is 3.02. The number of hydrogen-bond donors (Lipinski definition) is 1. The summed E-state index contributed by atoms with van der Waals surface area (Å²) in [7, 11) is -0.622. The minimum Gasteiger partial charge on any atom is -0.385 e. The van der Waals surface area contributed by atoms with Crippen LogP contribution < -0.4 is 5.32 Å². The second-order valence-electron chi connectivity index (χ2n) is 4.42. The summed E-state index contributed by atoms with van der Waals surface area (Å²) in [5.74, 6) is 0. The fourth-order valence-corrected chi connectivity index (χ4v) is 5.64. The first-order valence-electron chi connectivity index (χ1n) is 6.08. The van der Waals surface area contributed by atoms with Gasteiger partial charge >= 0.3 is 0 Å². The third-order valence-electron chi connectivity index (χ3n) is 3.59. The second-order valence-corrected chi connectivity index (χ2v) is 8.98. The molecular formula is C13H22ClNSi. The maximum absolute atomic E-state index is 6.06. The number of halogens is 1. The zero-order valence-electron chi connectivity index (χ0n) is 10.4. The van der Waals surface area contributed by atoms with Crippen LogP contribution in [0.4, 0.5) is 0 Å². The fraction of sp³-hybridized carbons (Fsp3) is 0.538. The normalized spacial score (nSPS) is 20.9. The van der Waals surface area contributed by atoms with Gasteiger partial charge in [-0.15, -0.1) is 0 Å². The fourth-order valence-electron chi connectivity index (χ4n) is 2.53. The number of nitrogens with one attached hydrogen (secondary N) is 1. The van der Waals surface area contributed by atoms with Crippen molar-refractivity contribution < 1.29 is 0 Å². The summed E-state index contributed by atoms with van der Waals surface area (Å²) in [5, 5.41) is 4.12. The zero-order chi connectivity index (χ0) is 12.1. The molecule has 1 aliphatic heterocycles. The molecule has 1 N–H and O–H groups in total. The Morgan fingerprint density at radius 3 is 2.62 bits per heavy atom. The van der Waals surface area contributed by atoms with Crippen LogP contribution in [0.5, 0.6) is 0 Å². The Labute approximate surface area is 106 Å². The molecule has 0 amide bonds. The molecule has 0 aromatic heterocycles. The van der Waals surface area contributed by atoms with E-state index in [4.69, 9.17) is 11.6 Å². The van der Waals surface area contributed by atoms with Crippen LogP contribution in [0, 0.1) is 0 Å². The highest BCUT2D eigenvalue weighted by molar-refractivity contribution is 6.60. The van der Waals surface area contributed by atoms with Crippen LogP contribution in [0.2, 0.25) is 17.6 Å². The minimum absolute atomic E-state index is 0.622. The Bertz CT molecular complexity index is 305. The van der Waals surface area contributed by atoms with E-state index in [0.29, 0.717) is 5.03 Å². The van der Waals surface area contributed by atoms with Crippen LogP contribution in [0.25, 0.3) is 0 Å². The van der Waals surface area contributed by atoms with Crippen molar-refractivity contribution in [1.82, 2.24) is 5.32 Å². The first-order chi connectivity index (χ1) is 7.63. The maximum atomic E-state index is 6.06. The van der Waals surface area contributed by atoms with Gasteiger partial charge in [-0.1, -0.05) is 50.7 Å². The van der Waals surface area contributed by atoms with Gasteiger partial charge in [0.15, 0.2) is 0 Å². The van der Waals surface area contributed by atoms with Crippen LogP contribution >= 0.6 is 11.6 Å². The van der Waals surface area contributed by atoms with Gasteiger partial charge in [0.25, 0.3) is 0 Å². The topological polar surface area (TPSA) is 12.0 Å². The molecule has 0 saturated heterocycles. The van der Waals surface area contributed by atoms with Crippen LogP contribution in [0.15, 0.2) is 35.5 Å². The second kappa shape index (κ2) is 6.31. The van der Waals surface area contributed by atoms with E-state index in [0.717, 1.165) is 24.2 Å². The zero-order valence-corrected chi connectivity index (χ0v) is 12.3. The van der Waals surface area contributed by atoms with Gasteiger partial charge in [-0.2, -0.15) is 0 Å². The van der Waals surface area contributed by atoms with Crippen molar-refractivity contribution in [1.29, 1.82) is 0 Å². The molecule has 16 heavy (non-hydrogen) atoms. The molecule has 1 atom stereocenters. The number of rotatable bonds is 5. The van der Waals surface area contributed by atoms with E-state index in [2.05, 4.69) is 32.3 Å². The monoisotopic (exact) mass is 255 g/mol. The van der Waals surface area contributed by atoms with E-state index in [1.807, 2.05) is 6.08 Å². The van der Waals surface area contributed by atoms with E-state index < -0.39 is 8.80 Å². The molecule has 90 valence electrons. The predicted molar refractivity (Wildman–Crippen MR) is 76.7 cm³/mol. The standard InChI is InChI=1S/C13H22ClNSi/c1-5-13-12(10(4)14)8-11(9-15-13)16(6-2)7-3/h5,11,15-16H,1,4,6-9H2,2-3H3/t11-/m1/s1. The molecule has 1 heterocycles. The summed E-state index contributed by atoms with van der Waals surface area (Å²) in [5.41, 5.74) is 3.06. The highest BCUT2D eigenvalue weighted by Crippen LogP contribution is 2.34. The van der Waals surface area contributed by atoms with Crippen LogP contribution in [0.3, 0.4) is 0 Å². The lowest BCUT2D eigenvalue weighted by atomic mass is 10.0. The van der Waals surface area contributed by atoms with Gasteiger partial charge in [0, 0.05) is 26.1 Å². The molecule has 1 rings (SSSR count). The summed E-state index contributed by atoms with van der Waals surface area (Å²) in [4.78, 5) is 0. The maximum Gasteiger partial charge on any atom is 0.0419 e. The summed E-state index contributed by atoms with van der Waals surface area (Å²) < 4.78 is 0. The SMILES string of the molecule is C=CC1=C(C(=C)Cl)C[C@@H]([SiH](CC)CC)CN1. The smallest absolute Gasteiger partial charge is 0.0419 e. The highest BCUT2D eigenvalue weighted by atomic mass is 35.5. The minimum atomic E-state index is -0.622. The van der Waals surface area contributed by atoms with E-state index in [1.54, 1.807) is 0 Å². The Balaban J connectivity index is 2.83. The molecule has 1 nitrogen and oxygen atoms in total. The van der Waals surface area contributed by atoms with Crippen LogP contribution in [-0.2, 0) is 0 Å². The Kier molecular flexibility index (Phi) is 5.36. The Morgan fingerprint density at radius 2 is 2.19 bits per heavy atom. The molecule has 0 aromatic carbocycles. The lowest BCUT2D eigenvalue weighted by Crippen LogP contribution is -2.33.